The number of aliphatic hydroxyl groups excluding tert-OH is 1. The van der Waals surface area contributed by atoms with Crippen LogP contribution >= 0.6 is 12.4 Å². The Kier molecular flexibility index (Phi) is 6.84. The molecule has 0 aromatic heterocycles. The van der Waals surface area contributed by atoms with Crippen LogP contribution in [0.2, 0.25) is 0 Å². The predicted octanol–water partition coefficient (Wildman–Crippen LogP) is 1.40. The Morgan fingerprint density at radius 2 is 2.16 bits per heavy atom. The van der Waals surface area contributed by atoms with Crippen molar-refractivity contribution in [1.29, 1.82) is 0 Å². The average Bonchev–Trinajstić information content (AvgIpc) is 2.90. The van der Waals surface area contributed by atoms with Gasteiger partial charge in [-0.2, -0.15) is 0 Å². The molecule has 2 rings (SSSR count). The first-order valence-corrected chi connectivity index (χ1v) is 6.49. The molecule has 0 aliphatic carbocycles. The fourth-order valence-corrected chi connectivity index (χ4v) is 2.23. The van der Waals surface area contributed by atoms with Gasteiger partial charge in [-0.05, 0) is 24.9 Å². The normalized spacial score (nSPS) is 19.5. The van der Waals surface area contributed by atoms with Gasteiger partial charge in [-0.25, -0.2) is 0 Å². The number of benzene rings is 1. The number of carbonyl (C=O) groups excluding carboxylic acids is 1. The summed E-state index contributed by atoms with van der Waals surface area (Å²) in [7, 11) is 0. The van der Waals surface area contributed by atoms with E-state index in [-0.39, 0.29) is 24.9 Å². The van der Waals surface area contributed by atoms with Crippen molar-refractivity contribution in [3.63, 3.8) is 0 Å². The van der Waals surface area contributed by atoms with Gasteiger partial charge in [-0.3, -0.25) is 4.79 Å². The minimum absolute atomic E-state index is 0. The lowest BCUT2D eigenvalue weighted by molar-refractivity contribution is -0.122. The molecule has 2 atom stereocenters. The Morgan fingerprint density at radius 3 is 2.79 bits per heavy atom. The van der Waals surface area contributed by atoms with Crippen LogP contribution in [0, 0.1) is 0 Å². The molecule has 1 aliphatic heterocycles. The quantitative estimate of drug-likeness (QED) is 0.766. The fraction of sp³-hybridized carbons (Fsp3) is 0.500. The molecule has 0 radical (unpaired) electrons. The summed E-state index contributed by atoms with van der Waals surface area (Å²) >= 11 is 0. The summed E-state index contributed by atoms with van der Waals surface area (Å²) in [5, 5.41) is 16.0. The summed E-state index contributed by atoms with van der Waals surface area (Å²) in [6.45, 7) is 1.28. The predicted molar refractivity (Wildman–Crippen MR) is 77.3 cm³/mol. The average molecular weight is 285 g/mol. The summed E-state index contributed by atoms with van der Waals surface area (Å²) in [6.07, 6.45) is 2.08. The molecule has 0 saturated carbocycles. The van der Waals surface area contributed by atoms with Crippen LogP contribution in [0.15, 0.2) is 30.3 Å². The van der Waals surface area contributed by atoms with Crippen molar-refractivity contribution < 1.29 is 9.90 Å². The molecule has 0 spiro atoms. The molecule has 3 N–H and O–H groups in total. The van der Waals surface area contributed by atoms with E-state index >= 15 is 0 Å². The van der Waals surface area contributed by atoms with Gasteiger partial charge >= 0.3 is 0 Å². The Hall–Kier alpha value is -1.10. The number of rotatable bonds is 5. The zero-order valence-electron chi connectivity index (χ0n) is 10.8. The van der Waals surface area contributed by atoms with Crippen LogP contribution in [0.25, 0.3) is 0 Å². The zero-order valence-corrected chi connectivity index (χ0v) is 11.7. The highest BCUT2D eigenvalue weighted by atomic mass is 35.5. The van der Waals surface area contributed by atoms with Crippen LogP contribution in [0.4, 0.5) is 0 Å². The number of amides is 1. The van der Waals surface area contributed by atoms with E-state index in [0.717, 1.165) is 24.9 Å². The van der Waals surface area contributed by atoms with Crippen LogP contribution in [0.1, 0.15) is 30.9 Å². The number of aliphatic hydroxyl groups is 1. The van der Waals surface area contributed by atoms with Crippen LogP contribution in [-0.4, -0.2) is 30.1 Å². The minimum atomic E-state index is -0.633. The van der Waals surface area contributed by atoms with E-state index in [2.05, 4.69) is 10.6 Å². The highest BCUT2D eigenvalue weighted by Crippen LogP contribution is 2.11. The van der Waals surface area contributed by atoms with E-state index in [4.69, 9.17) is 0 Å². The van der Waals surface area contributed by atoms with E-state index in [9.17, 15) is 9.90 Å². The first-order valence-electron chi connectivity index (χ1n) is 6.49. The monoisotopic (exact) mass is 284 g/mol. The summed E-state index contributed by atoms with van der Waals surface area (Å²) in [5.74, 6) is 0.00406. The molecule has 1 aromatic carbocycles. The third kappa shape index (κ3) is 5.19. The second-order valence-electron chi connectivity index (χ2n) is 4.73. The van der Waals surface area contributed by atoms with Crippen LogP contribution < -0.4 is 10.6 Å². The molecule has 1 heterocycles. The molecule has 1 amide bonds. The Morgan fingerprint density at radius 1 is 1.42 bits per heavy atom. The highest BCUT2D eigenvalue weighted by molar-refractivity contribution is 5.85. The van der Waals surface area contributed by atoms with Crippen molar-refractivity contribution >= 4 is 18.3 Å². The highest BCUT2D eigenvalue weighted by Gasteiger charge is 2.18. The van der Waals surface area contributed by atoms with Gasteiger partial charge in [0, 0.05) is 19.0 Å². The topological polar surface area (TPSA) is 61.4 Å². The fourth-order valence-electron chi connectivity index (χ4n) is 2.23. The van der Waals surface area contributed by atoms with Gasteiger partial charge < -0.3 is 15.7 Å². The van der Waals surface area contributed by atoms with Gasteiger partial charge in [0.05, 0.1) is 6.10 Å². The van der Waals surface area contributed by atoms with Crippen molar-refractivity contribution in [3.8, 4) is 0 Å². The van der Waals surface area contributed by atoms with Gasteiger partial charge in [0.1, 0.15) is 0 Å². The van der Waals surface area contributed by atoms with E-state index in [1.54, 1.807) is 0 Å². The molecule has 19 heavy (non-hydrogen) atoms. The lowest BCUT2D eigenvalue weighted by Gasteiger charge is -2.14. The van der Waals surface area contributed by atoms with Gasteiger partial charge in [0.15, 0.2) is 0 Å². The van der Waals surface area contributed by atoms with Crippen LogP contribution in [0.5, 0.6) is 0 Å². The second kappa shape index (κ2) is 8.15. The number of nitrogens with one attached hydrogen (secondary N) is 2. The van der Waals surface area contributed by atoms with Crippen LogP contribution in [-0.2, 0) is 4.79 Å². The molecule has 1 aliphatic rings. The molecular formula is C14H21ClN2O2. The van der Waals surface area contributed by atoms with Crippen molar-refractivity contribution in [2.24, 2.45) is 0 Å². The van der Waals surface area contributed by atoms with Crippen molar-refractivity contribution in [3.05, 3.63) is 35.9 Å². The molecule has 1 fully saturated rings. The maximum atomic E-state index is 11.7. The third-order valence-electron chi connectivity index (χ3n) is 3.27. The van der Waals surface area contributed by atoms with E-state index < -0.39 is 6.10 Å². The number of hydrogen-bond acceptors (Lipinski definition) is 3. The number of carbonyl (C=O) groups is 1. The first-order chi connectivity index (χ1) is 8.75. The molecule has 5 heteroatoms. The summed E-state index contributed by atoms with van der Waals surface area (Å²) in [5.41, 5.74) is 0.830. The second-order valence-corrected chi connectivity index (χ2v) is 4.73. The van der Waals surface area contributed by atoms with Gasteiger partial charge in [0.2, 0.25) is 5.91 Å². The largest absolute Gasteiger partial charge is 0.387 e. The summed E-state index contributed by atoms with van der Waals surface area (Å²) in [4.78, 5) is 11.7. The number of hydrogen-bond donors (Lipinski definition) is 3. The molecule has 1 aromatic rings. The Balaban J connectivity index is 0.00000180. The van der Waals surface area contributed by atoms with Crippen molar-refractivity contribution in [2.45, 2.75) is 31.4 Å². The zero-order chi connectivity index (χ0) is 12.8. The lowest BCUT2D eigenvalue weighted by Crippen LogP contribution is -2.34. The van der Waals surface area contributed by atoms with Gasteiger partial charge in [-0.15, -0.1) is 12.4 Å². The smallest absolute Gasteiger partial charge is 0.221 e. The molecule has 2 unspecified atom stereocenters. The van der Waals surface area contributed by atoms with E-state index in [0.29, 0.717) is 12.5 Å². The van der Waals surface area contributed by atoms with Gasteiger partial charge in [-0.1, -0.05) is 30.3 Å². The maximum Gasteiger partial charge on any atom is 0.221 e. The minimum Gasteiger partial charge on any atom is -0.387 e. The molecule has 1 saturated heterocycles. The maximum absolute atomic E-state index is 11.7. The summed E-state index contributed by atoms with van der Waals surface area (Å²) < 4.78 is 0. The SMILES string of the molecule is Cl.O=C(CC1CCCN1)NCC(O)c1ccccc1. The number of halogens is 1. The van der Waals surface area contributed by atoms with Crippen molar-refractivity contribution in [2.75, 3.05) is 13.1 Å². The molecule has 4 nitrogen and oxygen atoms in total. The van der Waals surface area contributed by atoms with Crippen molar-refractivity contribution in [1.82, 2.24) is 10.6 Å². The first kappa shape index (κ1) is 16.0. The van der Waals surface area contributed by atoms with E-state index in [1.807, 2.05) is 30.3 Å². The molecule has 106 valence electrons. The Labute approximate surface area is 120 Å². The standard InChI is InChI=1S/C14H20N2O2.ClH/c17-13(11-5-2-1-3-6-11)10-16-14(18)9-12-7-4-8-15-12;/h1-3,5-6,12-13,15,17H,4,7-10H2,(H,16,18);1H. The molecule has 0 bridgehead atoms. The lowest BCUT2D eigenvalue weighted by atomic mass is 10.1. The van der Waals surface area contributed by atoms with Crippen LogP contribution in [0.3, 0.4) is 0 Å². The molecular weight excluding hydrogens is 264 g/mol. The van der Waals surface area contributed by atoms with Gasteiger partial charge in [0.25, 0.3) is 0 Å². The summed E-state index contributed by atoms with van der Waals surface area (Å²) in [6, 6.07) is 9.68. The Bertz CT molecular complexity index is 380. The van der Waals surface area contributed by atoms with E-state index in [1.165, 1.54) is 0 Å². The third-order valence-corrected chi connectivity index (χ3v) is 3.27.